The molecule has 2 fully saturated rings. The fourth-order valence-corrected chi connectivity index (χ4v) is 4.66. The van der Waals surface area contributed by atoms with Crippen LogP contribution >= 0.6 is 0 Å². The fourth-order valence-electron chi connectivity index (χ4n) is 4.66. The minimum atomic E-state index is -0.538. The molecule has 1 aromatic carbocycles. The highest BCUT2D eigenvalue weighted by Crippen LogP contribution is 2.40. The van der Waals surface area contributed by atoms with Gasteiger partial charge >= 0.3 is 0 Å². The SMILES string of the molecule is O=C(CNC(=O)C1CC2CCCCC2N1C(=O)c1ccccc1)NCc1ccco1. The van der Waals surface area contributed by atoms with Gasteiger partial charge in [0.1, 0.15) is 11.8 Å². The summed E-state index contributed by atoms with van der Waals surface area (Å²) in [6.45, 7) is 0.145. The van der Waals surface area contributed by atoms with E-state index < -0.39 is 6.04 Å². The van der Waals surface area contributed by atoms with Gasteiger partial charge < -0.3 is 20.0 Å². The van der Waals surface area contributed by atoms with Crippen LogP contribution in [-0.4, -0.2) is 41.2 Å². The van der Waals surface area contributed by atoms with E-state index in [9.17, 15) is 14.4 Å². The third kappa shape index (κ3) is 4.40. The molecule has 158 valence electrons. The summed E-state index contributed by atoms with van der Waals surface area (Å²) in [5.74, 6) is 0.328. The van der Waals surface area contributed by atoms with E-state index in [1.54, 1.807) is 35.4 Å². The molecule has 3 unspecified atom stereocenters. The van der Waals surface area contributed by atoms with Crippen LogP contribution in [0.3, 0.4) is 0 Å². The van der Waals surface area contributed by atoms with Gasteiger partial charge in [-0.1, -0.05) is 31.0 Å². The lowest BCUT2D eigenvalue weighted by molar-refractivity contribution is -0.128. The van der Waals surface area contributed by atoms with Crippen molar-refractivity contribution in [1.29, 1.82) is 0 Å². The summed E-state index contributed by atoms with van der Waals surface area (Å²) in [6, 6.07) is 12.2. The lowest BCUT2D eigenvalue weighted by Gasteiger charge is -2.33. The second-order valence-corrected chi connectivity index (χ2v) is 8.02. The Hall–Kier alpha value is -3.09. The molecule has 7 heteroatoms. The van der Waals surface area contributed by atoms with Crippen molar-refractivity contribution in [3.63, 3.8) is 0 Å². The molecule has 4 rings (SSSR count). The van der Waals surface area contributed by atoms with E-state index in [4.69, 9.17) is 4.42 Å². The third-order valence-electron chi connectivity index (χ3n) is 6.11. The van der Waals surface area contributed by atoms with Crippen LogP contribution in [0.2, 0.25) is 0 Å². The lowest BCUT2D eigenvalue weighted by Crippen LogP contribution is -2.51. The summed E-state index contributed by atoms with van der Waals surface area (Å²) in [4.78, 5) is 40.1. The Morgan fingerprint density at radius 2 is 1.80 bits per heavy atom. The summed E-state index contributed by atoms with van der Waals surface area (Å²) >= 11 is 0. The Morgan fingerprint density at radius 1 is 1.00 bits per heavy atom. The fraction of sp³-hybridized carbons (Fsp3) is 0.435. The molecule has 30 heavy (non-hydrogen) atoms. The predicted molar refractivity (Wildman–Crippen MR) is 110 cm³/mol. The largest absolute Gasteiger partial charge is 0.467 e. The van der Waals surface area contributed by atoms with Crippen molar-refractivity contribution >= 4 is 17.7 Å². The molecule has 0 radical (unpaired) electrons. The topological polar surface area (TPSA) is 91.7 Å². The van der Waals surface area contributed by atoms with Crippen LogP contribution in [0.5, 0.6) is 0 Å². The molecule has 1 aliphatic heterocycles. The van der Waals surface area contributed by atoms with Gasteiger partial charge in [0, 0.05) is 11.6 Å². The van der Waals surface area contributed by atoms with E-state index in [0.717, 1.165) is 25.7 Å². The first-order valence-corrected chi connectivity index (χ1v) is 10.6. The molecule has 1 aromatic heterocycles. The van der Waals surface area contributed by atoms with Crippen molar-refractivity contribution in [1.82, 2.24) is 15.5 Å². The normalized spacial score (nSPS) is 22.9. The molecule has 3 atom stereocenters. The number of nitrogens with one attached hydrogen (secondary N) is 2. The number of rotatable bonds is 6. The van der Waals surface area contributed by atoms with E-state index in [2.05, 4.69) is 10.6 Å². The molecule has 3 amide bonds. The van der Waals surface area contributed by atoms with Gasteiger partial charge in [-0.15, -0.1) is 0 Å². The van der Waals surface area contributed by atoms with Crippen LogP contribution in [-0.2, 0) is 16.1 Å². The summed E-state index contributed by atoms with van der Waals surface area (Å²) in [6.07, 6.45) is 6.37. The van der Waals surface area contributed by atoms with Gasteiger partial charge in [-0.05, 0) is 49.4 Å². The molecule has 1 aliphatic carbocycles. The molecule has 2 heterocycles. The van der Waals surface area contributed by atoms with Crippen molar-refractivity contribution in [2.75, 3.05) is 6.54 Å². The summed E-state index contributed by atoms with van der Waals surface area (Å²) in [5.41, 5.74) is 0.595. The highest BCUT2D eigenvalue weighted by Gasteiger charge is 2.47. The van der Waals surface area contributed by atoms with E-state index >= 15 is 0 Å². The van der Waals surface area contributed by atoms with Crippen LogP contribution < -0.4 is 10.6 Å². The molecule has 2 N–H and O–H groups in total. The first-order chi connectivity index (χ1) is 14.6. The quantitative estimate of drug-likeness (QED) is 0.767. The minimum absolute atomic E-state index is 0.0926. The molecule has 0 bridgehead atoms. The first-order valence-electron chi connectivity index (χ1n) is 10.6. The number of nitrogens with zero attached hydrogens (tertiary/aromatic N) is 1. The molecule has 1 saturated heterocycles. The molecular weight excluding hydrogens is 382 g/mol. The Bertz CT molecular complexity index is 881. The molecule has 1 saturated carbocycles. The Kier molecular flexibility index (Phi) is 6.16. The molecule has 2 aliphatic rings. The number of hydrogen-bond acceptors (Lipinski definition) is 4. The Morgan fingerprint density at radius 3 is 2.57 bits per heavy atom. The van der Waals surface area contributed by atoms with E-state index in [0.29, 0.717) is 23.7 Å². The molecule has 7 nitrogen and oxygen atoms in total. The number of furan rings is 1. The zero-order valence-electron chi connectivity index (χ0n) is 16.9. The number of fused-ring (bicyclic) bond motifs is 1. The van der Waals surface area contributed by atoms with E-state index in [1.807, 2.05) is 18.2 Å². The molecular formula is C23H27N3O4. The maximum absolute atomic E-state index is 13.2. The minimum Gasteiger partial charge on any atom is -0.467 e. The van der Waals surface area contributed by atoms with Gasteiger partial charge in [0.2, 0.25) is 11.8 Å². The summed E-state index contributed by atoms with van der Waals surface area (Å²) < 4.78 is 5.18. The van der Waals surface area contributed by atoms with Crippen LogP contribution in [0.4, 0.5) is 0 Å². The monoisotopic (exact) mass is 409 g/mol. The van der Waals surface area contributed by atoms with Crippen LogP contribution in [0, 0.1) is 5.92 Å². The molecule has 0 spiro atoms. The van der Waals surface area contributed by atoms with Gasteiger partial charge in [0.25, 0.3) is 5.91 Å². The van der Waals surface area contributed by atoms with Crippen molar-refractivity contribution in [3.8, 4) is 0 Å². The first kappa shape index (κ1) is 20.2. The third-order valence-corrected chi connectivity index (χ3v) is 6.11. The number of likely N-dealkylation sites (tertiary alicyclic amines) is 1. The average Bonchev–Trinajstić information content (AvgIpc) is 3.44. The second-order valence-electron chi connectivity index (χ2n) is 8.02. The van der Waals surface area contributed by atoms with Crippen molar-refractivity contribution in [2.45, 2.75) is 50.7 Å². The number of amides is 3. The number of carbonyl (C=O) groups is 3. The maximum Gasteiger partial charge on any atom is 0.254 e. The van der Waals surface area contributed by atoms with Crippen LogP contribution in [0.15, 0.2) is 53.1 Å². The predicted octanol–water partition coefficient (Wildman–Crippen LogP) is 2.49. The number of carbonyl (C=O) groups excluding carboxylic acids is 3. The zero-order valence-corrected chi connectivity index (χ0v) is 16.9. The lowest BCUT2D eigenvalue weighted by atomic mass is 9.84. The summed E-state index contributed by atoms with van der Waals surface area (Å²) in [5, 5.41) is 5.44. The van der Waals surface area contributed by atoms with Gasteiger partial charge in [-0.25, -0.2) is 0 Å². The van der Waals surface area contributed by atoms with Gasteiger partial charge in [0.15, 0.2) is 0 Å². The van der Waals surface area contributed by atoms with Crippen molar-refractivity contribution in [2.24, 2.45) is 5.92 Å². The van der Waals surface area contributed by atoms with Crippen LogP contribution in [0.1, 0.15) is 48.2 Å². The number of benzene rings is 1. The number of hydrogen-bond donors (Lipinski definition) is 2. The summed E-state index contributed by atoms with van der Waals surface area (Å²) in [7, 11) is 0. The van der Waals surface area contributed by atoms with Crippen molar-refractivity contribution in [3.05, 3.63) is 60.1 Å². The van der Waals surface area contributed by atoms with E-state index in [1.165, 1.54) is 0 Å². The van der Waals surface area contributed by atoms with E-state index in [-0.39, 0.29) is 36.9 Å². The van der Waals surface area contributed by atoms with Gasteiger partial charge in [-0.2, -0.15) is 0 Å². The Balaban J connectivity index is 1.40. The smallest absolute Gasteiger partial charge is 0.254 e. The molecule has 2 aromatic rings. The standard InChI is InChI=1S/C23H27N3O4/c27-21(24-14-18-10-6-12-30-18)15-25-22(28)20-13-17-9-4-5-11-19(17)26(20)23(29)16-7-2-1-3-8-16/h1-3,6-8,10,12,17,19-20H,4-5,9,11,13-15H2,(H,24,27)(H,25,28). The highest BCUT2D eigenvalue weighted by molar-refractivity contribution is 5.98. The highest BCUT2D eigenvalue weighted by atomic mass is 16.3. The Labute approximate surface area is 175 Å². The zero-order chi connectivity index (χ0) is 20.9. The van der Waals surface area contributed by atoms with Gasteiger partial charge in [-0.3, -0.25) is 14.4 Å². The van der Waals surface area contributed by atoms with Crippen molar-refractivity contribution < 1.29 is 18.8 Å². The maximum atomic E-state index is 13.2. The van der Waals surface area contributed by atoms with Gasteiger partial charge in [0.05, 0.1) is 19.4 Å². The second kappa shape index (κ2) is 9.15. The average molecular weight is 409 g/mol. The van der Waals surface area contributed by atoms with Crippen LogP contribution in [0.25, 0.3) is 0 Å².